The predicted molar refractivity (Wildman–Crippen MR) is 112 cm³/mol. The molecular weight excluding hydrogens is 480 g/mol. The van der Waals surface area contributed by atoms with Gasteiger partial charge in [0.1, 0.15) is 15.3 Å². The fourth-order valence-electron chi connectivity index (χ4n) is 2.56. The Balaban J connectivity index is 1.95. The van der Waals surface area contributed by atoms with Gasteiger partial charge in [0.05, 0.1) is 14.9 Å². The molecule has 1 N–H and O–H groups in total. The maximum Gasteiger partial charge on any atom is 0.240 e. The monoisotopic (exact) mass is 493 g/mol. The van der Waals surface area contributed by atoms with Gasteiger partial charge in [-0.25, -0.2) is 25.9 Å². The standard InChI is InChI=1S/C18H14Cl2FNO4S3/c19-15-8-7-14(10-16(15)20)29(25,26)22-11-17(12-3-5-13(21)6-4-12)28(23,24)18-2-1-9-27-18/h1-10,17,22H,11H2/t17-/m0/s1. The average molecular weight is 494 g/mol. The molecule has 1 aromatic heterocycles. The summed E-state index contributed by atoms with van der Waals surface area (Å²) in [5.41, 5.74) is 0.261. The SMILES string of the molecule is O=S(=O)(NC[C@@H](c1ccc(F)cc1)S(=O)(=O)c1cccs1)c1ccc(Cl)c(Cl)c1. The van der Waals surface area contributed by atoms with Crippen molar-refractivity contribution < 1.29 is 21.2 Å². The molecule has 3 rings (SSSR count). The van der Waals surface area contributed by atoms with Crippen LogP contribution >= 0.6 is 34.5 Å². The zero-order chi connectivity index (χ0) is 21.2. The van der Waals surface area contributed by atoms with E-state index in [1.165, 1.54) is 36.4 Å². The van der Waals surface area contributed by atoms with E-state index in [4.69, 9.17) is 23.2 Å². The predicted octanol–water partition coefficient (Wildman–Crippen LogP) is 4.69. The highest BCUT2D eigenvalue weighted by molar-refractivity contribution is 7.93. The second-order valence-corrected chi connectivity index (χ2v) is 11.8. The van der Waals surface area contributed by atoms with E-state index in [2.05, 4.69) is 4.72 Å². The lowest BCUT2D eigenvalue weighted by atomic mass is 10.1. The van der Waals surface area contributed by atoms with Crippen molar-refractivity contribution in [2.45, 2.75) is 14.4 Å². The van der Waals surface area contributed by atoms with Crippen molar-refractivity contribution in [1.82, 2.24) is 4.72 Å². The molecule has 154 valence electrons. The Bertz CT molecular complexity index is 1210. The molecule has 0 radical (unpaired) electrons. The molecule has 0 unspecified atom stereocenters. The molecule has 1 atom stereocenters. The molecule has 0 saturated heterocycles. The number of benzene rings is 2. The average Bonchev–Trinajstić information content (AvgIpc) is 3.21. The maximum atomic E-state index is 13.3. The van der Waals surface area contributed by atoms with Gasteiger partial charge in [0.25, 0.3) is 0 Å². The first-order valence-corrected chi connectivity index (χ1v) is 12.8. The van der Waals surface area contributed by atoms with Crippen LogP contribution in [0, 0.1) is 5.82 Å². The van der Waals surface area contributed by atoms with Crippen LogP contribution in [0.5, 0.6) is 0 Å². The minimum absolute atomic E-state index is 0.0517. The van der Waals surface area contributed by atoms with Crippen molar-refractivity contribution >= 4 is 54.4 Å². The Labute approximate surface area is 182 Å². The van der Waals surface area contributed by atoms with Gasteiger partial charge in [-0.3, -0.25) is 0 Å². The van der Waals surface area contributed by atoms with Crippen LogP contribution in [0.1, 0.15) is 10.8 Å². The molecular formula is C18H14Cl2FNO4S3. The highest BCUT2D eigenvalue weighted by Crippen LogP contribution is 2.32. The number of sulfone groups is 1. The van der Waals surface area contributed by atoms with E-state index >= 15 is 0 Å². The Morgan fingerprint density at radius 3 is 2.24 bits per heavy atom. The Morgan fingerprint density at radius 2 is 1.66 bits per heavy atom. The molecule has 0 bridgehead atoms. The lowest BCUT2D eigenvalue weighted by Crippen LogP contribution is -2.31. The van der Waals surface area contributed by atoms with Gasteiger partial charge in [-0.1, -0.05) is 41.4 Å². The number of nitrogens with one attached hydrogen (secondary N) is 1. The minimum Gasteiger partial charge on any atom is -0.222 e. The topological polar surface area (TPSA) is 80.3 Å². The van der Waals surface area contributed by atoms with Crippen LogP contribution in [0.4, 0.5) is 4.39 Å². The molecule has 0 fully saturated rings. The van der Waals surface area contributed by atoms with Crippen LogP contribution in [0.3, 0.4) is 0 Å². The molecule has 1 heterocycles. The highest BCUT2D eigenvalue weighted by atomic mass is 35.5. The quantitative estimate of drug-likeness (QED) is 0.517. The third-order valence-corrected chi connectivity index (χ3v) is 9.74. The highest BCUT2D eigenvalue weighted by Gasteiger charge is 2.31. The van der Waals surface area contributed by atoms with E-state index in [0.29, 0.717) is 0 Å². The van der Waals surface area contributed by atoms with E-state index in [0.717, 1.165) is 23.5 Å². The van der Waals surface area contributed by atoms with Gasteiger partial charge in [-0.05, 0) is 47.3 Å². The molecule has 0 aliphatic carbocycles. The number of hydrogen-bond donors (Lipinski definition) is 1. The van der Waals surface area contributed by atoms with Crippen LogP contribution in [0.2, 0.25) is 10.0 Å². The van der Waals surface area contributed by atoms with Crippen LogP contribution in [0.25, 0.3) is 0 Å². The van der Waals surface area contributed by atoms with Crippen molar-refractivity contribution in [3.8, 4) is 0 Å². The van der Waals surface area contributed by atoms with E-state index in [9.17, 15) is 21.2 Å². The van der Waals surface area contributed by atoms with Crippen LogP contribution < -0.4 is 4.72 Å². The summed E-state index contributed by atoms with van der Waals surface area (Å²) in [6, 6.07) is 11.7. The molecule has 0 spiro atoms. The Hall–Kier alpha value is -1.49. The smallest absolute Gasteiger partial charge is 0.222 e. The third-order valence-electron chi connectivity index (χ3n) is 4.05. The van der Waals surface area contributed by atoms with Gasteiger partial charge >= 0.3 is 0 Å². The molecule has 0 saturated carbocycles. The summed E-state index contributed by atoms with van der Waals surface area (Å²) in [5.74, 6) is -0.530. The summed E-state index contributed by atoms with van der Waals surface area (Å²) in [4.78, 5) is -0.154. The summed E-state index contributed by atoms with van der Waals surface area (Å²) in [6.45, 7) is -0.450. The Morgan fingerprint density at radius 1 is 0.966 bits per heavy atom. The van der Waals surface area contributed by atoms with Crippen LogP contribution in [0.15, 0.2) is 69.1 Å². The molecule has 29 heavy (non-hydrogen) atoms. The number of thiophene rings is 1. The maximum absolute atomic E-state index is 13.3. The first-order chi connectivity index (χ1) is 13.6. The first kappa shape index (κ1) is 22.2. The van der Waals surface area contributed by atoms with Crippen molar-refractivity contribution in [3.63, 3.8) is 0 Å². The van der Waals surface area contributed by atoms with Crippen LogP contribution in [-0.4, -0.2) is 23.4 Å². The second-order valence-electron chi connectivity index (χ2n) is 5.95. The van der Waals surface area contributed by atoms with E-state index < -0.39 is 37.5 Å². The number of hydrogen-bond acceptors (Lipinski definition) is 5. The molecule has 5 nitrogen and oxygen atoms in total. The van der Waals surface area contributed by atoms with Gasteiger partial charge in [0.15, 0.2) is 9.84 Å². The van der Waals surface area contributed by atoms with E-state index in [1.807, 2.05) is 0 Å². The molecule has 0 aliphatic rings. The van der Waals surface area contributed by atoms with Crippen LogP contribution in [-0.2, 0) is 19.9 Å². The minimum atomic E-state index is -4.07. The molecule has 0 aliphatic heterocycles. The second kappa shape index (κ2) is 8.71. The summed E-state index contributed by atoms with van der Waals surface area (Å²) < 4.78 is 67.1. The zero-order valence-electron chi connectivity index (χ0n) is 14.5. The lowest BCUT2D eigenvalue weighted by Gasteiger charge is -2.18. The summed E-state index contributed by atoms with van der Waals surface area (Å²) in [6.07, 6.45) is 0. The fourth-order valence-corrected chi connectivity index (χ4v) is 6.97. The van der Waals surface area contributed by atoms with E-state index in [1.54, 1.807) is 11.4 Å². The zero-order valence-corrected chi connectivity index (χ0v) is 18.5. The summed E-state index contributed by atoms with van der Waals surface area (Å²) in [7, 11) is -7.99. The first-order valence-electron chi connectivity index (χ1n) is 8.09. The van der Waals surface area contributed by atoms with Gasteiger partial charge < -0.3 is 0 Å². The molecule has 2 aromatic carbocycles. The number of sulfonamides is 1. The molecule has 11 heteroatoms. The van der Waals surface area contributed by atoms with Crippen molar-refractivity contribution in [2.24, 2.45) is 0 Å². The summed E-state index contributed by atoms with van der Waals surface area (Å²) >= 11 is 12.7. The van der Waals surface area contributed by atoms with Gasteiger partial charge in [0, 0.05) is 6.54 Å². The Kier molecular flexibility index (Phi) is 6.67. The number of halogens is 3. The fraction of sp³-hybridized carbons (Fsp3) is 0.111. The van der Waals surface area contributed by atoms with Gasteiger partial charge in [0.2, 0.25) is 10.0 Å². The van der Waals surface area contributed by atoms with Crippen molar-refractivity contribution in [1.29, 1.82) is 0 Å². The van der Waals surface area contributed by atoms with Crippen molar-refractivity contribution in [3.05, 3.63) is 81.4 Å². The third kappa shape index (κ3) is 4.99. The lowest BCUT2D eigenvalue weighted by molar-refractivity contribution is 0.569. The molecule has 0 amide bonds. The van der Waals surface area contributed by atoms with E-state index in [-0.39, 0.29) is 24.7 Å². The normalized spacial score (nSPS) is 13.3. The largest absolute Gasteiger partial charge is 0.240 e. The van der Waals surface area contributed by atoms with Gasteiger partial charge in [-0.2, -0.15) is 0 Å². The van der Waals surface area contributed by atoms with Gasteiger partial charge in [-0.15, -0.1) is 11.3 Å². The number of rotatable bonds is 7. The summed E-state index contributed by atoms with van der Waals surface area (Å²) in [5, 5.41) is 0.597. The molecule has 3 aromatic rings. The van der Waals surface area contributed by atoms with Crippen molar-refractivity contribution in [2.75, 3.05) is 6.54 Å².